The third kappa shape index (κ3) is 2.49. The van der Waals surface area contributed by atoms with Gasteiger partial charge in [0.25, 0.3) is 0 Å². The average Bonchev–Trinajstić information content (AvgIpc) is 2.07. The van der Waals surface area contributed by atoms with Crippen molar-refractivity contribution >= 4 is 0 Å². The smallest absolute Gasteiger partial charge is 0.0196 e. The summed E-state index contributed by atoms with van der Waals surface area (Å²) in [4.78, 5) is 2.49. The highest BCUT2D eigenvalue weighted by molar-refractivity contribution is 5.15. The van der Waals surface area contributed by atoms with Crippen molar-refractivity contribution in [3.63, 3.8) is 0 Å². The zero-order valence-corrected chi connectivity index (χ0v) is 8.43. The Morgan fingerprint density at radius 2 is 2.08 bits per heavy atom. The molecule has 0 saturated carbocycles. The van der Waals surface area contributed by atoms with Crippen molar-refractivity contribution in [2.24, 2.45) is 0 Å². The molecule has 0 saturated heterocycles. The molecule has 0 bridgehead atoms. The molecule has 1 aliphatic rings. The number of nitrogens with zero attached hydrogens (tertiary/aromatic N) is 1. The summed E-state index contributed by atoms with van der Waals surface area (Å²) in [5, 5.41) is 0. The van der Waals surface area contributed by atoms with Gasteiger partial charge in [0.1, 0.15) is 0 Å². The molecule has 0 radical (unpaired) electrons. The first-order chi connectivity index (χ1) is 5.74. The highest BCUT2D eigenvalue weighted by Gasteiger charge is 2.11. The van der Waals surface area contributed by atoms with Crippen LogP contribution in [0.15, 0.2) is 23.3 Å². The fraction of sp³-hybridized carbons (Fsp3) is 0.636. The van der Waals surface area contributed by atoms with Gasteiger partial charge in [-0.3, -0.25) is 4.90 Å². The molecule has 1 heteroatoms. The van der Waals surface area contributed by atoms with Crippen LogP contribution in [0, 0.1) is 0 Å². The third-order valence-corrected chi connectivity index (χ3v) is 2.59. The summed E-state index contributed by atoms with van der Waals surface area (Å²) >= 11 is 0. The molecular weight excluding hydrogens is 146 g/mol. The van der Waals surface area contributed by atoms with E-state index < -0.39 is 0 Å². The maximum absolute atomic E-state index is 2.49. The van der Waals surface area contributed by atoms with E-state index in [1.807, 2.05) is 0 Å². The molecule has 1 rings (SSSR count). The molecule has 0 N–H and O–H groups in total. The van der Waals surface area contributed by atoms with Gasteiger partial charge in [0, 0.05) is 19.6 Å². The van der Waals surface area contributed by atoms with Gasteiger partial charge < -0.3 is 0 Å². The van der Waals surface area contributed by atoms with E-state index in [0.717, 1.165) is 13.1 Å². The van der Waals surface area contributed by atoms with Crippen LogP contribution in [0.3, 0.4) is 0 Å². The number of allylic oxidation sites excluding steroid dienone is 1. The Hall–Kier alpha value is -0.560. The van der Waals surface area contributed by atoms with Crippen LogP contribution in [0.5, 0.6) is 0 Å². The monoisotopic (exact) mass is 165 g/mol. The standard InChI is InChI=1S/C11H19N/c1-4-5-7-12-8-6-10(2)11(3)9-12/h4-5H,6-9H2,1-3H3/b5-4+. The minimum atomic E-state index is 1.11. The second kappa shape index (κ2) is 4.46. The maximum Gasteiger partial charge on any atom is 0.0196 e. The van der Waals surface area contributed by atoms with E-state index in [1.165, 1.54) is 13.0 Å². The van der Waals surface area contributed by atoms with Crippen molar-refractivity contribution in [1.82, 2.24) is 4.90 Å². The first-order valence-electron chi connectivity index (χ1n) is 4.72. The second-order valence-electron chi connectivity index (χ2n) is 3.61. The summed E-state index contributed by atoms with van der Waals surface area (Å²) in [6.45, 7) is 10.1. The fourth-order valence-electron chi connectivity index (χ4n) is 1.50. The van der Waals surface area contributed by atoms with Crippen molar-refractivity contribution in [2.75, 3.05) is 19.6 Å². The van der Waals surface area contributed by atoms with Crippen LogP contribution in [0.4, 0.5) is 0 Å². The summed E-state index contributed by atoms with van der Waals surface area (Å²) in [6.07, 6.45) is 5.61. The summed E-state index contributed by atoms with van der Waals surface area (Å²) in [7, 11) is 0. The molecule has 1 heterocycles. The van der Waals surface area contributed by atoms with Crippen LogP contribution in [0.2, 0.25) is 0 Å². The highest BCUT2D eigenvalue weighted by Crippen LogP contribution is 2.16. The molecule has 0 fully saturated rings. The van der Waals surface area contributed by atoms with E-state index >= 15 is 0 Å². The zero-order chi connectivity index (χ0) is 8.97. The molecule has 0 aliphatic carbocycles. The Kier molecular flexibility index (Phi) is 3.54. The fourth-order valence-corrected chi connectivity index (χ4v) is 1.50. The number of hydrogen-bond acceptors (Lipinski definition) is 1. The van der Waals surface area contributed by atoms with Crippen LogP contribution < -0.4 is 0 Å². The van der Waals surface area contributed by atoms with Gasteiger partial charge in [0.15, 0.2) is 0 Å². The molecule has 1 nitrogen and oxygen atoms in total. The van der Waals surface area contributed by atoms with Crippen molar-refractivity contribution in [1.29, 1.82) is 0 Å². The quantitative estimate of drug-likeness (QED) is 0.568. The average molecular weight is 165 g/mol. The number of hydrogen-bond donors (Lipinski definition) is 0. The van der Waals surface area contributed by atoms with Gasteiger partial charge in [0.2, 0.25) is 0 Å². The maximum atomic E-state index is 2.49. The lowest BCUT2D eigenvalue weighted by molar-refractivity contribution is 0.315. The highest BCUT2D eigenvalue weighted by atomic mass is 15.1. The molecule has 0 aromatic rings. The normalized spacial score (nSPS) is 20.9. The van der Waals surface area contributed by atoms with Gasteiger partial charge in [-0.2, -0.15) is 0 Å². The van der Waals surface area contributed by atoms with E-state index in [1.54, 1.807) is 11.1 Å². The zero-order valence-electron chi connectivity index (χ0n) is 8.43. The molecule has 1 aliphatic heterocycles. The molecule has 12 heavy (non-hydrogen) atoms. The lowest BCUT2D eigenvalue weighted by Crippen LogP contribution is -2.30. The van der Waals surface area contributed by atoms with Gasteiger partial charge in [0.05, 0.1) is 0 Å². The largest absolute Gasteiger partial charge is 0.295 e. The van der Waals surface area contributed by atoms with Crippen LogP contribution >= 0.6 is 0 Å². The molecule has 0 atom stereocenters. The van der Waals surface area contributed by atoms with Crippen molar-refractivity contribution in [3.05, 3.63) is 23.3 Å². The third-order valence-electron chi connectivity index (χ3n) is 2.59. The second-order valence-corrected chi connectivity index (χ2v) is 3.61. The first-order valence-corrected chi connectivity index (χ1v) is 4.72. The molecule has 68 valence electrons. The van der Waals surface area contributed by atoms with Crippen LogP contribution in [0.25, 0.3) is 0 Å². The lowest BCUT2D eigenvalue weighted by Gasteiger charge is -2.27. The van der Waals surface area contributed by atoms with E-state index in [-0.39, 0.29) is 0 Å². The first kappa shape index (κ1) is 9.53. The molecule has 0 spiro atoms. The molecule has 0 aromatic heterocycles. The predicted molar refractivity (Wildman–Crippen MR) is 54.2 cm³/mol. The Morgan fingerprint density at radius 3 is 2.67 bits per heavy atom. The van der Waals surface area contributed by atoms with Gasteiger partial charge in [-0.1, -0.05) is 23.3 Å². The van der Waals surface area contributed by atoms with Crippen LogP contribution in [-0.4, -0.2) is 24.5 Å². The Morgan fingerprint density at radius 1 is 1.33 bits per heavy atom. The van der Waals surface area contributed by atoms with E-state index in [9.17, 15) is 0 Å². The molecule has 0 aromatic carbocycles. The Balaban J connectivity index is 2.43. The summed E-state index contributed by atoms with van der Waals surface area (Å²) in [6, 6.07) is 0. The minimum Gasteiger partial charge on any atom is -0.295 e. The van der Waals surface area contributed by atoms with Crippen molar-refractivity contribution in [2.45, 2.75) is 27.2 Å². The molecule has 0 unspecified atom stereocenters. The van der Waals surface area contributed by atoms with Crippen LogP contribution in [-0.2, 0) is 0 Å². The topological polar surface area (TPSA) is 3.24 Å². The van der Waals surface area contributed by atoms with E-state index in [0.29, 0.717) is 0 Å². The SMILES string of the molecule is C/C=C/CN1CCC(C)=C(C)C1. The summed E-state index contributed by atoms with van der Waals surface area (Å²) in [5.41, 5.74) is 3.15. The van der Waals surface area contributed by atoms with E-state index in [4.69, 9.17) is 0 Å². The lowest BCUT2D eigenvalue weighted by atomic mass is 10.0. The number of rotatable bonds is 2. The molecular formula is C11H19N. The Bertz CT molecular complexity index is 201. The minimum absolute atomic E-state index is 1.11. The van der Waals surface area contributed by atoms with Crippen LogP contribution in [0.1, 0.15) is 27.2 Å². The van der Waals surface area contributed by atoms with E-state index in [2.05, 4.69) is 37.8 Å². The van der Waals surface area contributed by atoms with Crippen molar-refractivity contribution in [3.8, 4) is 0 Å². The van der Waals surface area contributed by atoms with Gasteiger partial charge >= 0.3 is 0 Å². The summed E-state index contributed by atoms with van der Waals surface area (Å²) in [5.74, 6) is 0. The van der Waals surface area contributed by atoms with Gasteiger partial charge in [-0.15, -0.1) is 0 Å². The Labute approximate surface area is 75.8 Å². The van der Waals surface area contributed by atoms with Gasteiger partial charge in [-0.25, -0.2) is 0 Å². The summed E-state index contributed by atoms with van der Waals surface area (Å²) < 4.78 is 0. The molecule has 0 amide bonds. The predicted octanol–water partition coefficient (Wildman–Crippen LogP) is 2.60. The van der Waals surface area contributed by atoms with Gasteiger partial charge in [-0.05, 0) is 27.2 Å². The van der Waals surface area contributed by atoms with Crippen molar-refractivity contribution < 1.29 is 0 Å².